The van der Waals surface area contributed by atoms with Crippen LogP contribution in [0.4, 0.5) is 0 Å². The number of benzene rings is 1. The number of rotatable bonds is 3. The summed E-state index contributed by atoms with van der Waals surface area (Å²) in [6.45, 7) is 1.44. The van der Waals surface area contributed by atoms with Crippen LogP contribution in [0.5, 0.6) is 5.75 Å². The number of aliphatic hydroxyl groups is 1. The zero-order chi connectivity index (χ0) is 19.3. The molecule has 4 atom stereocenters. The minimum atomic E-state index is -0.397. The van der Waals surface area contributed by atoms with Gasteiger partial charge in [-0.1, -0.05) is 0 Å². The molecule has 1 aliphatic heterocycles. The Morgan fingerprint density at radius 3 is 2.82 bits per heavy atom. The van der Waals surface area contributed by atoms with Crippen LogP contribution in [0.3, 0.4) is 0 Å². The molecule has 2 fully saturated rings. The summed E-state index contributed by atoms with van der Waals surface area (Å²) in [7, 11) is 1.64. The number of carbonyl (C=O) groups is 1. The maximum Gasteiger partial charge on any atom is 0.270 e. The van der Waals surface area contributed by atoms with Crippen molar-refractivity contribution in [3.05, 3.63) is 48.7 Å². The highest BCUT2D eigenvalue weighted by Gasteiger charge is 2.43. The van der Waals surface area contributed by atoms with Gasteiger partial charge in [-0.05, 0) is 48.9 Å². The predicted molar refractivity (Wildman–Crippen MR) is 104 cm³/mol. The average molecular weight is 380 g/mol. The zero-order valence-corrected chi connectivity index (χ0v) is 15.8. The molecule has 7 heteroatoms. The first-order valence-electron chi connectivity index (χ1n) is 9.74. The Hall–Kier alpha value is -2.80. The van der Waals surface area contributed by atoms with E-state index in [0.29, 0.717) is 24.1 Å². The number of nitrogens with one attached hydrogen (secondary N) is 1. The van der Waals surface area contributed by atoms with Gasteiger partial charge in [0.05, 0.1) is 25.6 Å². The number of likely N-dealkylation sites (tertiary alicyclic amines) is 1. The normalized spacial score (nSPS) is 27.1. The van der Waals surface area contributed by atoms with Gasteiger partial charge in [0.25, 0.3) is 5.91 Å². The van der Waals surface area contributed by atoms with Crippen molar-refractivity contribution in [1.82, 2.24) is 19.4 Å². The van der Waals surface area contributed by atoms with E-state index in [9.17, 15) is 9.90 Å². The smallest absolute Gasteiger partial charge is 0.270 e. The molecule has 146 valence electrons. The number of hydrogen-bond donors (Lipinski definition) is 2. The van der Waals surface area contributed by atoms with Crippen molar-refractivity contribution in [2.45, 2.75) is 25.0 Å². The monoisotopic (exact) mass is 380 g/mol. The van der Waals surface area contributed by atoms with Crippen LogP contribution in [0.15, 0.2) is 43.0 Å². The van der Waals surface area contributed by atoms with Crippen LogP contribution in [0.1, 0.15) is 29.4 Å². The lowest BCUT2D eigenvalue weighted by atomic mass is 9.77. The van der Waals surface area contributed by atoms with E-state index in [1.807, 2.05) is 39.9 Å². The summed E-state index contributed by atoms with van der Waals surface area (Å²) in [4.78, 5) is 22.4. The molecule has 0 radical (unpaired) electrons. The number of nitrogens with zero attached hydrogens (tertiary/aromatic N) is 3. The predicted octanol–water partition coefficient (Wildman–Crippen LogP) is 2.46. The van der Waals surface area contributed by atoms with Crippen LogP contribution < -0.4 is 4.74 Å². The number of fused-ring (bicyclic) bond motifs is 2. The van der Waals surface area contributed by atoms with Crippen LogP contribution in [0.25, 0.3) is 10.9 Å². The van der Waals surface area contributed by atoms with Crippen molar-refractivity contribution in [2.75, 3.05) is 20.2 Å². The largest absolute Gasteiger partial charge is 0.497 e. The van der Waals surface area contributed by atoms with Gasteiger partial charge in [0.2, 0.25) is 0 Å². The topological polar surface area (TPSA) is 83.4 Å². The minimum absolute atomic E-state index is 0.0261. The maximum atomic E-state index is 13.1. The van der Waals surface area contributed by atoms with Crippen molar-refractivity contribution >= 4 is 16.8 Å². The maximum absolute atomic E-state index is 13.1. The van der Waals surface area contributed by atoms with Gasteiger partial charge in [-0.25, -0.2) is 4.98 Å². The molecule has 3 aromatic rings. The third kappa shape index (κ3) is 2.86. The van der Waals surface area contributed by atoms with Gasteiger partial charge in [0, 0.05) is 36.4 Å². The average Bonchev–Trinajstić information content (AvgIpc) is 3.44. The summed E-state index contributed by atoms with van der Waals surface area (Å²) in [5, 5.41) is 11.6. The zero-order valence-electron chi connectivity index (χ0n) is 15.8. The Balaban J connectivity index is 1.33. The highest BCUT2D eigenvalue weighted by Crippen LogP contribution is 2.41. The Morgan fingerprint density at radius 1 is 1.25 bits per heavy atom. The molecule has 1 saturated heterocycles. The molecule has 1 amide bonds. The van der Waals surface area contributed by atoms with Crippen molar-refractivity contribution in [3.8, 4) is 5.75 Å². The fourth-order valence-electron chi connectivity index (χ4n) is 4.88. The van der Waals surface area contributed by atoms with Gasteiger partial charge in [-0.2, -0.15) is 0 Å². The number of imidazole rings is 1. The van der Waals surface area contributed by atoms with Gasteiger partial charge >= 0.3 is 0 Å². The first kappa shape index (κ1) is 17.3. The first-order valence-corrected chi connectivity index (χ1v) is 9.74. The van der Waals surface area contributed by atoms with Gasteiger partial charge in [-0.15, -0.1) is 0 Å². The number of carbonyl (C=O) groups excluding carboxylic acids is 1. The SMILES string of the molecule is COc1ccc2[nH]c(C(=O)N3C[C@H]4C[C@@H](n5ccnc5)[C@H](O)C[C@H]4C3)cc2c1. The van der Waals surface area contributed by atoms with Crippen LogP contribution in [0, 0.1) is 11.8 Å². The molecule has 0 bridgehead atoms. The van der Waals surface area contributed by atoms with E-state index in [-0.39, 0.29) is 11.9 Å². The molecular weight excluding hydrogens is 356 g/mol. The Labute approximate surface area is 162 Å². The molecule has 1 saturated carbocycles. The summed E-state index contributed by atoms with van der Waals surface area (Å²) < 4.78 is 7.26. The second kappa shape index (κ2) is 6.67. The Kier molecular flexibility index (Phi) is 4.12. The van der Waals surface area contributed by atoms with Crippen LogP contribution >= 0.6 is 0 Å². The number of aromatic nitrogens is 3. The second-order valence-corrected chi connectivity index (χ2v) is 7.98. The summed E-state index contributed by atoms with van der Waals surface area (Å²) in [5.74, 6) is 1.56. The standard InChI is InChI=1S/C21H24N4O3/c1-28-16-2-3-17-13(6-16)7-18(23-17)21(27)25-10-14-8-19(24-5-4-22-12-24)20(26)9-15(14)11-25/h2-7,12,14-15,19-20,23,26H,8-11H2,1H3/t14-,15+,19-,20-/m1/s1. The van der Waals surface area contributed by atoms with Crippen molar-refractivity contribution in [1.29, 1.82) is 0 Å². The number of aromatic amines is 1. The number of hydrogen-bond acceptors (Lipinski definition) is 4. The number of amides is 1. The third-order valence-corrected chi connectivity index (χ3v) is 6.36. The summed E-state index contributed by atoms with van der Waals surface area (Å²) in [6.07, 6.45) is 6.62. The number of H-pyrrole nitrogens is 1. The molecule has 28 heavy (non-hydrogen) atoms. The molecule has 1 aromatic carbocycles. The molecule has 0 spiro atoms. The fourth-order valence-corrected chi connectivity index (χ4v) is 4.88. The van der Waals surface area contributed by atoms with E-state index in [4.69, 9.17) is 4.74 Å². The van der Waals surface area contributed by atoms with Crippen molar-refractivity contribution in [2.24, 2.45) is 11.8 Å². The van der Waals surface area contributed by atoms with E-state index in [0.717, 1.165) is 36.0 Å². The van der Waals surface area contributed by atoms with Gasteiger partial charge in [-0.3, -0.25) is 4.79 Å². The van der Waals surface area contributed by atoms with E-state index < -0.39 is 6.10 Å². The number of ether oxygens (including phenoxy) is 1. The quantitative estimate of drug-likeness (QED) is 0.731. The lowest BCUT2D eigenvalue weighted by Crippen LogP contribution is -2.35. The fraction of sp³-hybridized carbons (Fsp3) is 0.429. The van der Waals surface area contributed by atoms with Gasteiger partial charge in [0.15, 0.2) is 0 Å². The van der Waals surface area contributed by atoms with Crippen molar-refractivity contribution < 1.29 is 14.6 Å². The highest BCUT2D eigenvalue weighted by molar-refractivity contribution is 5.98. The van der Waals surface area contributed by atoms with Gasteiger partial charge in [0.1, 0.15) is 11.4 Å². The summed E-state index contributed by atoms with van der Waals surface area (Å²) in [6, 6.07) is 7.68. The molecule has 2 aliphatic rings. The number of aliphatic hydroxyl groups excluding tert-OH is 1. The van der Waals surface area contributed by atoms with Crippen LogP contribution in [-0.4, -0.2) is 56.8 Å². The molecule has 7 nitrogen and oxygen atoms in total. The molecule has 5 rings (SSSR count). The highest BCUT2D eigenvalue weighted by atomic mass is 16.5. The lowest BCUT2D eigenvalue weighted by molar-refractivity contribution is 0.0357. The van der Waals surface area contributed by atoms with Crippen LogP contribution in [0.2, 0.25) is 0 Å². The number of methoxy groups -OCH3 is 1. The third-order valence-electron chi connectivity index (χ3n) is 6.36. The van der Waals surface area contributed by atoms with Crippen molar-refractivity contribution in [3.63, 3.8) is 0 Å². The second-order valence-electron chi connectivity index (χ2n) is 7.98. The molecular formula is C21H24N4O3. The summed E-state index contributed by atoms with van der Waals surface area (Å²) >= 11 is 0. The Bertz CT molecular complexity index is 996. The molecule has 3 heterocycles. The Morgan fingerprint density at radius 2 is 2.07 bits per heavy atom. The molecule has 1 aliphatic carbocycles. The lowest BCUT2D eigenvalue weighted by Gasteiger charge is -2.35. The van der Waals surface area contributed by atoms with E-state index in [1.165, 1.54) is 0 Å². The van der Waals surface area contributed by atoms with Gasteiger partial charge < -0.3 is 24.3 Å². The molecule has 2 N–H and O–H groups in total. The van der Waals surface area contributed by atoms with E-state index in [2.05, 4.69) is 9.97 Å². The van der Waals surface area contributed by atoms with E-state index in [1.54, 1.807) is 19.6 Å². The molecule has 0 unspecified atom stereocenters. The molecule has 2 aromatic heterocycles. The van der Waals surface area contributed by atoms with E-state index >= 15 is 0 Å². The first-order chi connectivity index (χ1) is 13.6. The summed E-state index contributed by atoms with van der Waals surface area (Å²) in [5.41, 5.74) is 1.53. The van der Waals surface area contributed by atoms with Crippen LogP contribution in [-0.2, 0) is 0 Å². The minimum Gasteiger partial charge on any atom is -0.497 e.